The van der Waals surface area contributed by atoms with Crippen molar-refractivity contribution in [3.63, 3.8) is 0 Å². The van der Waals surface area contributed by atoms with Crippen molar-refractivity contribution in [2.24, 2.45) is 0 Å². The lowest BCUT2D eigenvalue weighted by atomic mass is 10.2. The molecule has 2 aromatic rings. The van der Waals surface area contributed by atoms with Gasteiger partial charge in [-0.3, -0.25) is 0 Å². The second-order valence-corrected chi connectivity index (χ2v) is 4.33. The first kappa shape index (κ1) is 11.0. The molecule has 0 saturated heterocycles. The monoisotopic (exact) mass is 281 g/mol. The molecule has 0 atom stereocenters. The molecule has 0 spiro atoms. The number of anilines is 1. The van der Waals surface area contributed by atoms with Crippen molar-refractivity contribution in [1.29, 1.82) is 0 Å². The van der Waals surface area contributed by atoms with Crippen molar-refractivity contribution >= 4 is 21.7 Å². The fourth-order valence-electron chi connectivity index (χ4n) is 1.40. The van der Waals surface area contributed by atoms with Crippen LogP contribution in [0.25, 0.3) is 11.4 Å². The Morgan fingerprint density at radius 2 is 1.94 bits per heavy atom. The van der Waals surface area contributed by atoms with Crippen LogP contribution >= 0.6 is 15.9 Å². The van der Waals surface area contributed by atoms with Gasteiger partial charge in [-0.05, 0) is 25.1 Å². The van der Waals surface area contributed by atoms with E-state index in [-0.39, 0.29) is 5.82 Å². The van der Waals surface area contributed by atoms with Crippen LogP contribution in [-0.2, 0) is 0 Å². The first-order chi connectivity index (χ1) is 7.54. The highest BCUT2D eigenvalue weighted by Gasteiger charge is 2.06. The van der Waals surface area contributed by atoms with Crippen LogP contribution < -0.4 is 5.73 Å². The fourth-order valence-corrected chi connectivity index (χ4v) is 1.87. The number of aryl methyl sites for hydroxylation is 1. The van der Waals surface area contributed by atoms with Gasteiger partial charge in [-0.2, -0.15) is 0 Å². The molecule has 0 saturated carbocycles. The largest absolute Gasteiger partial charge is 0.384 e. The van der Waals surface area contributed by atoms with Crippen LogP contribution in [0.2, 0.25) is 0 Å². The zero-order chi connectivity index (χ0) is 11.7. The maximum Gasteiger partial charge on any atom is 0.161 e. The van der Waals surface area contributed by atoms with E-state index in [1.54, 1.807) is 12.1 Å². The lowest BCUT2D eigenvalue weighted by Gasteiger charge is -2.04. The van der Waals surface area contributed by atoms with Crippen molar-refractivity contribution in [1.82, 2.24) is 9.97 Å². The third-order valence-electron chi connectivity index (χ3n) is 1.99. The van der Waals surface area contributed by atoms with Crippen LogP contribution in [0.1, 0.15) is 5.69 Å². The van der Waals surface area contributed by atoms with Crippen LogP contribution in [0, 0.1) is 12.7 Å². The molecule has 0 aliphatic heterocycles. The second kappa shape index (κ2) is 4.17. The van der Waals surface area contributed by atoms with Gasteiger partial charge in [0.15, 0.2) is 5.82 Å². The van der Waals surface area contributed by atoms with Crippen molar-refractivity contribution in [2.45, 2.75) is 6.92 Å². The maximum atomic E-state index is 13.2. The molecule has 82 valence electrons. The summed E-state index contributed by atoms with van der Waals surface area (Å²) in [5, 5.41) is 0. The Kier molecular flexibility index (Phi) is 2.87. The Labute approximate surface area is 101 Å². The van der Waals surface area contributed by atoms with E-state index in [1.807, 2.05) is 6.92 Å². The van der Waals surface area contributed by atoms with Gasteiger partial charge < -0.3 is 5.73 Å². The van der Waals surface area contributed by atoms with E-state index in [4.69, 9.17) is 5.73 Å². The number of benzene rings is 1. The minimum absolute atomic E-state index is 0.340. The predicted octanol–water partition coefficient (Wildman–Crippen LogP) is 2.94. The molecule has 0 unspecified atom stereocenters. The smallest absolute Gasteiger partial charge is 0.161 e. The first-order valence-corrected chi connectivity index (χ1v) is 5.41. The molecule has 5 heteroatoms. The van der Waals surface area contributed by atoms with Gasteiger partial charge in [0.25, 0.3) is 0 Å². The molecule has 0 bridgehead atoms. The minimum atomic E-state index is -0.340. The number of hydrogen-bond donors (Lipinski definition) is 1. The highest BCUT2D eigenvalue weighted by molar-refractivity contribution is 9.10. The summed E-state index contributed by atoms with van der Waals surface area (Å²) in [6.07, 6.45) is 0. The zero-order valence-corrected chi connectivity index (χ0v) is 10.1. The van der Waals surface area contributed by atoms with Crippen LogP contribution in [0.15, 0.2) is 28.7 Å². The summed E-state index contributed by atoms with van der Waals surface area (Å²) in [4.78, 5) is 8.27. The lowest BCUT2D eigenvalue weighted by molar-refractivity contribution is 0.627. The van der Waals surface area contributed by atoms with Gasteiger partial charge in [0, 0.05) is 21.8 Å². The summed E-state index contributed by atoms with van der Waals surface area (Å²) in [5.41, 5.74) is 6.97. The van der Waals surface area contributed by atoms with E-state index in [0.717, 1.165) is 5.69 Å². The summed E-state index contributed by atoms with van der Waals surface area (Å²) < 4.78 is 13.8. The van der Waals surface area contributed by atoms with Crippen LogP contribution in [0.4, 0.5) is 10.2 Å². The molecular weight excluding hydrogens is 273 g/mol. The quantitative estimate of drug-likeness (QED) is 0.874. The van der Waals surface area contributed by atoms with Crippen molar-refractivity contribution in [3.05, 3.63) is 40.2 Å². The van der Waals surface area contributed by atoms with Crippen molar-refractivity contribution in [3.8, 4) is 11.4 Å². The third kappa shape index (κ3) is 2.36. The molecular formula is C11H9BrFN3. The molecule has 0 aliphatic carbocycles. The van der Waals surface area contributed by atoms with Gasteiger partial charge in [-0.25, -0.2) is 14.4 Å². The maximum absolute atomic E-state index is 13.2. The Morgan fingerprint density at radius 3 is 2.56 bits per heavy atom. The third-order valence-corrected chi connectivity index (χ3v) is 2.45. The van der Waals surface area contributed by atoms with Crippen LogP contribution in [-0.4, -0.2) is 9.97 Å². The standard InChI is InChI=1S/C11H9BrFN3/c1-6-2-10(14)16-11(15-6)7-3-8(12)5-9(13)4-7/h2-5H,1H3,(H2,14,15,16). The van der Waals surface area contributed by atoms with E-state index in [2.05, 4.69) is 25.9 Å². The lowest BCUT2D eigenvalue weighted by Crippen LogP contribution is -1.97. The van der Waals surface area contributed by atoms with E-state index in [0.29, 0.717) is 21.7 Å². The molecule has 1 aromatic heterocycles. The molecule has 1 heterocycles. The SMILES string of the molecule is Cc1cc(N)nc(-c2cc(F)cc(Br)c2)n1. The number of nitrogens with two attached hydrogens (primary N) is 1. The Bertz CT molecular complexity index is 453. The van der Waals surface area contributed by atoms with Crippen LogP contribution in [0.5, 0.6) is 0 Å². The Morgan fingerprint density at radius 1 is 1.19 bits per heavy atom. The highest BCUT2D eigenvalue weighted by atomic mass is 79.9. The molecule has 0 fully saturated rings. The molecule has 2 N–H and O–H groups in total. The van der Waals surface area contributed by atoms with E-state index in [1.165, 1.54) is 12.1 Å². The van der Waals surface area contributed by atoms with Crippen LogP contribution in [0.3, 0.4) is 0 Å². The van der Waals surface area contributed by atoms with Gasteiger partial charge in [-0.15, -0.1) is 0 Å². The number of rotatable bonds is 1. The average Bonchev–Trinajstić information content (AvgIpc) is 2.14. The summed E-state index contributed by atoms with van der Waals surface area (Å²) in [6.45, 7) is 1.82. The molecule has 0 radical (unpaired) electrons. The normalized spacial score (nSPS) is 10.4. The molecule has 2 rings (SSSR count). The number of halogens is 2. The van der Waals surface area contributed by atoms with Gasteiger partial charge in [-0.1, -0.05) is 15.9 Å². The number of hydrogen-bond acceptors (Lipinski definition) is 3. The topological polar surface area (TPSA) is 51.8 Å². The van der Waals surface area contributed by atoms with Gasteiger partial charge >= 0.3 is 0 Å². The molecule has 0 aliphatic rings. The fraction of sp³-hybridized carbons (Fsp3) is 0.0909. The molecule has 1 aromatic carbocycles. The van der Waals surface area contributed by atoms with Gasteiger partial charge in [0.05, 0.1) is 0 Å². The van der Waals surface area contributed by atoms with E-state index >= 15 is 0 Å². The molecule has 0 amide bonds. The predicted molar refractivity (Wildman–Crippen MR) is 64.3 cm³/mol. The molecule has 16 heavy (non-hydrogen) atoms. The van der Waals surface area contributed by atoms with Gasteiger partial charge in [0.1, 0.15) is 11.6 Å². The summed E-state index contributed by atoms with van der Waals surface area (Å²) >= 11 is 3.22. The molecule has 3 nitrogen and oxygen atoms in total. The Hall–Kier alpha value is -1.49. The summed E-state index contributed by atoms with van der Waals surface area (Å²) in [6, 6.07) is 6.16. The number of nitrogen functional groups attached to an aromatic ring is 1. The van der Waals surface area contributed by atoms with E-state index < -0.39 is 0 Å². The minimum Gasteiger partial charge on any atom is -0.384 e. The average molecular weight is 282 g/mol. The van der Waals surface area contributed by atoms with Crippen molar-refractivity contribution in [2.75, 3.05) is 5.73 Å². The number of nitrogens with zero attached hydrogens (tertiary/aromatic N) is 2. The first-order valence-electron chi connectivity index (χ1n) is 4.62. The van der Waals surface area contributed by atoms with E-state index in [9.17, 15) is 4.39 Å². The zero-order valence-electron chi connectivity index (χ0n) is 8.54. The Balaban J connectivity index is 2.57. The summed E-state index contributed by atoms with van der Waals surface area (Å²) in [7, 11) is 0. The highest BCUT2D eigenvalue weighted by Crippen LogP contribution is 2.22. The number of aromatic nitrogens is 2. The second-order valence-electron chi connectivity index (χ2n) is 3.42. The summed E-state index contributed by atoms with van der Waals surface area (Å²) in [5.74, 6) is 0.466. The van der Waals surface area contributed by atoms with Crippen molar-refractivity contribution < 1.29 is 4.39 Å². The van der Waals surface area contributed by atoms with Gasteiger partial charge in [0.2, 0.25) is 0 Å².